The maximum atomic E-state index is 11.6. The first-order chi connectivity index (χ1) is 7.58. The van der Waals surface area contributed by atoms with Crippen molar-refractivity contribution in [2.75, 3.05) is 0 Å². The summed E-state index contributed by atoms with van der Waals surface area (Å²) in [6, 6.07) is 0. The number of imide groups is 1. The lowest BCUT2D eigenvalue weighted by Gasteiger charge is -2.39. The van der Waals surface area contributed by atoms with Crippen LogP contribution in [0.4, 0.5) is 0 Å². The molecular formula is C13H19NO3. The van der Waals surface area contributed by atoms with Gasteiger partial charge in [0.15, 0.2) is 0 Å². The minimum Gasteiger partial charge on any atom is -0.299 e. The quantitative estimate of drug-likeness (QED) is 0.699. The van der Waals surface area contributed by atoms with Crippen LogP contribution in [0.3, 0.4) is 0 Å². The highest BCUT2D eigenvalue weighted by Crippen LogP contribution is 2.34. The number of ketones is 1. The molecule has 17 heavy (non-hydrogen) atoms. The molecule has 0 unspecified atom stereocenters. The van der Waals surface area contributed by atoms with Crippen molar-refractivity contribution < 1.29 is 14.4 Å². The molecule has 0 aliphatic carbocycles. The number of amides is 2. The lowest BCUT2D eigenvalue weighted by Crippen LogP contribution is -2.50. The molecule has 0 saturated heterocycles. The topological polar surface area (TPSA) is 54.5 Å². The van der Waals surface area contributed by atoms with Gasteiger partial charge in [0.05, 0.1) is 0 Å². The van der Waals surface area contributed by atoms with Gasteiger partial charge < -0.3 is 0 Å². The largest absolute Gasteiger partial charge is 0.299 e. The van der Waals surface area contributed by atoms with Crippen molar-refractivity contribution in [1.82, 2.24) is 4.90 Å². The summed E-state index contributed by atoms with van der Waals surface area (Å²) in [5, 5.41) is 0. The van der Waals surface area contributed by atoms with Crippen molar-refractivity contribution in [3.8, 4) is 0 Å². The van der Waals surface area contributed by atoms with Crippen molar-refractivity contribution in [3.63, 3.8) is 0 Å². The Morgan fingerprint density at radius 1 is 1.12 bits per heavy atom. The number of carbonyl (C=O) groups excluding carboxylic acids is 3. The molecule has 0 bridgehead atoms. The van der Waals surface area contributed by atoms with Crippen LogP contribution in [-0.4, -0.2) is 28.0 Å². The Morgan fingerprint density at radius 3 is 1.88 bits per heavy atom. The van der Waals surface area contributed by atoms with Crippen LogP contribution in [0, 0.1) is 5.41 Å². The van der Waals surface area contributed by atoms with E-state index < -0.39 is 11.0 Å². The molecule has 4 heteroatoms. The van der Waals surface area contributed by atoms with E-state index in [1.165, 1.54) is 24.0 Å². The van der Waals surface area contributed by atoms with Crippen LogP contribution >= 0.6 is 0 Å². The molecule has 0 aromatic carbocycles. The predicted octanol–water partition coefficient (Wildman–Crippen LogP) is 1.70. The maximum Gasteiger partial charge on any atom is 0.254 e. The molecule has 0 atom stereocenters. The summed E-state index contributed by atoms with van der Waals surface area (Å²) < 4.78 is 0. The van der Waals surface area contributed by atoms with Crippen LogP contribution in [0.15, 0.2) is 12.2 Å². The standard InChI is InChI=1S/C13H19NO3/c1-9(15)12(2,3)8-13(4,5)14-10(16)6-7-11(14)17/h6-7H,8H2,1-5H3. The average Bonchev–Trinajstić information content (AvgIpc) is 2.44. The van der Waals surface area contributed by atoms with E-state index in [1.807, 2.05) is 13.8 Å². The van der Waals surface area contributed by atoms with E-state index in [0.717, 1.165) is 0 Å². The van der Waals surface area contributed by atoms with Gasteiger partial charge in [0.25, 0.3) is 11.8 Å². The van der Waals surface area contributed by atoms with Gasteiger partial charge in [-0.3, -0.25) is 19.3 Å². The number of nitrogens with zero attached hydrogens (tertiary/aromatic N) is 1. The number of hydrogen-bond donors (Lipinski definition) is 0. The molecular weight excluding hydrogens is 218 g/mol. The lowest BCUT2D eigenvalue weighted by atomic mass is 9.76. The molecule has 0 saturated carbocycles. The summed E-state index contributed by atoms with van der Waals surface area (Å²) in [7, 11) is 0. The Hall–Kier alpha value is -1.45. The number of rotatable bonds is 4. The van der Waals surface area contributed by atoms with Gasteiger partial charge in [0.1, 0.15) is 5.78 Å². The van der Waals surface area contributed by atoms with Gasteiger partial charge in [-0.1, -0.05) is 13.8 Å². The molecule has 0 radical (unpaired) electrons. The summed E-state index contributed by atoms with van der Waals surface area (Å²) in [5.74, 6) is -0.559. The Morgan fingerprint density at radius 2 is 1.53 bits per heavy atom. The third kappa shape index (κ3) is 2.62. The highest BCUT2D eigenvalue weighted by Gasteiger charge is 2.41. The Balaban J connectivity index is 2.93. The van der Waals surface area contributed by atoms with E-state index in [-0.39, 0.29) is 17.6 Å². The fraction of sp³-hybridized carbons (Fsp3) is 0.615. The van der Waals surface area contributed by atoms with E-state index in [2.05, 4.69) is 0 Å². The molecule has 0 aromatic heterocycles. The lowest BCUT2D eigenvalue weighted by molar-refractivity contribution is -0.145. The fourth-order valence-electron chi connectivity index (χ4n) is 2.28. The molecule has 1 heterocycles. The van der Waals surface area contributed by atoms with Crippen LogP contribution in [0.1, 0.15) is 41.0 Å². The molecule has 2 amide bonds. The second-order valence-electron chi connectivity index (χ2n) is 5.77. The molecule has 94 valence electrons. The highest BCUT2D eigenvalue weighted by molar-refractivity contribution is 6.13. The number of Topliss-reactive ketones (excluding diaryl/α,β-unsaturated/α-hetero) is 1. The van der Waals surface area contributed by atoms with Crippen molar-refractivity contribution in [1.29, 1.82) is 0 Å². The van der Waals surface area contributed by atoms with E-state index in [9.17, 15) is 14.4 Å². The van der Waals surface area contributed by atoms with E-state index in [1.54, 1.807) is 13.8 Å². The molecule has 1 aliphatic heterocycles. The van der Waals surface area contributed by atoms with Crippen molar-refractivity contribution in [2.45, 2.75) is 46.6 Å². The predicted molar refractivity (Wildman–Crippen MR) is 64.2 cm³/mol. The zero-order valence-corrected chi connectivity index (χ0v) is 11.0. The molecule has 4 nitrogen and oxygen atoms in total. The third-order valence-corrected chi connectivity index (χ3v) is 3.24. The van der Waals surface area contributed by atoms with Crippen LogP contribution in [0.5, 0.6) is 0 Å². The molecule has 0 spiro atoms. The first-order valence-electron chi connectivity index (χ1n) is 5.65. The Labute approximate surface area is 102 Å². The van der Waals surface area contributed by atoms with Gasteiger partial charge in [-0.25, -0.2) is 0 Å². The highest BCUT2D eigenvalue weighted by atomic mass is 16.2. The van der Waals surface area contributed by atoms with Crippen LogP contribution in [0.2, 0.25) is 0 Å². The Bertz CT molecular complexity index is 387. The summed E-state index contributed by atoms with van der Waals surface area (Å²) in [5.41, 5.74) is -1.21. The first-order valence-corrected chi connectivity index (χ1v) is 5.65. The minimum absolute atomic E-state index is 0.0534. The molecule has 1 rings (SSSR count). The summed E-state index contributed by atoms with van der Waals surface area (Å²) in [6.45, 7) is 8.80. The van der Waals surface area contributed by atoms with Crippen LogP contribution in [-0.2, 0) is 14.4 Å². The van der Waals surface area contributed by atoms with Gasteiger partial charge in [-0.2, -0.15) is 0 Å². The van der Waals surface area contributed by atoms with Crippen molar-refractivity contribution in [2.24, 2.45) is 5.41 Å². The van der Waals surface area contributed by atoms with E-state index in [0.29, 0.717) is 6.42 Å². The van der Waals surface area contributed by atoms with Crippen LogP contribution in [0.25, 0.3) is 0 Å². The van der Waals surface area contributed by atoms with E-state index >= 15 is 0 Å². The third-order valence-electron chi connectivity index (χ3n) is 3.24. The monoisotopic (exact) mass is 237 g/mol. The van der Waals surface area contributed by atoms with Crippen LogP contribution < -0.4 is 0 Å². The van der Waals surface area contributed by atoms with Crippen molar-refractivity contribution >= 4 is 17.6 Å². The van der Waals surface area contributed by atoms with Gasteiger partial charge in [-0.15, -0.1) is 0 Å². The summed E-state index contributed by atoms with van der Waals surface area (Å²) in [4.78, 5) is 36.0. The second-order valence-corrected chi connectivity index (χ2v) is 5.77. The second kappa shape index (κ2) is 4.09. The average molecular weight is 237 g/mol. The van der Waals surface area contributed by atoms with Gasteiger partial charge >= 0.3 is 0 Å². The number of hydrogen-bond acceptors (Lipinski definition) is 3. The van der Waals surface area contributed by atoms with Crippen molar-refractivity contribution in [3.05, 3.63) is 12.2 Å². The zero-order valence-electron chi connectivity index (χ0n) is 11.0. The molecule has 1 aliphatic rings. The maximum absolute atomic E-state index is 11.6. The van der Waals surface area contributed by atoms with Gasteiger partial charge in [0, 0.05) is 23.1 Å². The van der Waals surface area contributed by atoms with Gasteiger partial charge in [-0.05, 0) is 27.2 Å². The molecule has 0 N–H and O–H groups in total. The smallest absolute Gasteiger partial charge is 0.254 e. The molecule has 0 aromatic rings. The first kappa shape index (κ1) is 13.6. The fourth-order valence-corrected chi connectivity index (χ4v) is 2.28. The number of carbonyl (C=O) groups is 3. The summed E-state index contributed by atoms with van der Waals surface area (Å²) in [6.07, 6.45) is 2.99. The molecule has 0 fully saturated rings. The van der Waals surface area contributed by atoms with Gasteiger partial charge in [0.2, 0.25) is 0 Å². The Kier molecular flexibility index (Phi) is 3.28. The normalized spacial score (nSPS) is 16.9. The SMILES string of the molecule is CC(=O)C(C)(C)CC(C)(C)N1C(=O)C=CC1=O. The zero-order chi connectivity index (χ0) is 13.4. The minimum atomic E-state index is -0.660. The van der Waals surface area contributed by atoms with E-state index in [4.69, 9.17) is 0 Å². The summed E-state index contributed by atoms with van der Waals surface area (Å²) >= 11 is 0.